The average molecular weight is 311 g/mol. The summed E-state index contributed by atoms with van der Waals surface area (Å²) in [5.74, 6) is 0.870. The lowest BCUT2D eigenvalue weighted by atomic mass is 9.87. The van der Waals surface area contributed by atoms with Crippen molar-refractivity contribution in [3.05, 3.63) is 64.3 Å². The van der Waals surface area contributed by atoms with Crippen LogP contribution in [0.4, 0.5) is 11.5 Å². The van der Waals surface area contributed by atoms with E-state index in [1.54, 1.807) is 18.3 Å². The van der Waals surface area contributed by atoms with Crippen molar-refractivity contribution in [3.63, 3.8) is 0 Å². The zero-order valence-corrected chi connectivity index (χ0v) is 13.3. The van der Waals surface area contributed by atoms with Crippen LogP contribution in [-0.4, -0.2) is 22.5 Å². The third-order valence-corrected chi connectivity index (χ3v) is 4.67. The molecule has 5 heteroatoms. The van der Waals surface area contributed by atoms with Crippen LogP contribution in [0.3, 0.4) is 0 Å². The van der Waals surface area contributed by atoms with Crippen molar-refractivity contribution in [3.8, 4) is 0 Å². The second kappa shape index (κ2) is 6.77. The Morgan fingerprint density at radius 3 is 2.78 bits per heavy atom. The van der Waals surface area contributed by atoms with Crippen molar-refractivity contribution in [2.75, 3.05) is 11.4 Å². The number of hydrogen-bond donors (Lipinski definition) is 0. The van der Waals surface area contributed by atoms with Crippen molar-refractivity contribution in [2.24, 2.45) is 0 Å². The highest BCUT2D eigenvalue weighted by atomic mass is 16.6. The molecule has 5 nitrogen and oxygen atoms in total. The maximum atomic E-state index is 11.3. The van der Waals surface area contributed by atoms with Crippen molar-refractivity contribution < 1.29 is 4.92 Å². The molecule has 2 atom stereocenters. The zero-order chi connectivity index (χ0) is 16.2. The second-order valence-electron chi connectivity index (χ2n) is 5.93. The Labute approximate surface area is 136 Å². The molecule has 120 valence electrons. The van der Waals surface area contributed by atoms with Crippen LogP contribution in [0.2, 0.25) is 0 Å². The maximum absolute atomic E-state index is 11.3. The number of nitro groups is 1. The van der Waals surface area contributed by atoms with Gasteiger partial charge in [-0.05, 0) is 30.9 Å². The van der Waals surface area contributed by atoms with Gasteiger partial charge in [-0.15, -0.1) is 0 Å². The van der Waals surface area contributed by atoms with Crippen LogP contribution in [0.1, 0.15) is 37.7 Å². The average Bonchev–Trinajstić information content (AvgIpc) is 3.06. The van der Waals surface area contributed by atoms with Gasteiger partial charge < -0.3 is 4.90 Å². The highest BCUT2D eigenvalue weighted by Crippen LogP contribution is 2.38. The SMILES string of the molecule is CC[C@H](c1ccccc1)[C@@H]1CCCN1c1ncccc1[N+](=O)[O-]. The summed E-state index contributed by atoms with van der Waals surface area (Å²) in [5.41, 5.74) is 1.40. The molecule has 0 bridgehead atoms. The van der Waals surface area contributed by atoms with Gasteiger partial charge in [0.2, 0.25) is 5.82 Å². The Bertz CT molecular complexity index is 675. The molecule has 1 fully saturated rings. The molecular weight excluding hydrogens is 290 g/mol. The molecule has 0 amide bonds. The third-order valence-electron chi connectivity index (χ3n) is 4.67. The first kappa shape index (κ1) is 15.5. The van der Waals surface area contributed by atoms with Gasteiger partial charge in [0.25, 0.3) is 0 Å². The van der Waals surface area contributed by atoms with Gasteiger partial charge in [0, 0.05) is 30.8 Å². The standard InChI is InChI=1S/C18H21N3O2/c1-2-15(14-8-4-3-5-9-14)16-11-7-13-20(16)18-17(21(22)23)10-6-12-19-18/h3-6,8-10,12,15-16H,2,7,11,13H2,1H3/t15-,16+/m1/s1. The molecular formula is C18H21N3O2. The Morgan fingerprint density at radius 2 is 2.09 bits per heavy atom. The van der Waals surface area contributed by atoms with Gasteiger partial charge in [-0.2, -0.15) is 0 Å². The molecule has 2 aromatic rings. The van der Waals surface area contributed by atoms with Gasteiger partial charge in [0.15, 0.2) is 0 Å². The van der Waals surface area contributed by atoms with Gasteiger partial charge in [0.1, 0.15) is 0 Å². The Morgan fingerprint density at radius 1 is 1.30 bits per heavy atom. The lowest BCUT2D eigenvalue weighted by Crippen LogP contribution is -2.35. The molecule has 1 aromatic heterocycles. The van der Waals surface area contributed by atoms with Gasteiger partial charge in [-0.25, -0.2) is 4.98 Å². The Hall–Kier alpha value is -2.43. The van der Waals surface area contributed by atoms with E-state index < -0.39 is 0 Å². The molecule has 0 radical (unpaired) electrons. The van der Waals surface area contributed by atoms with Gasteiger partial charge in [0.05, 0.1) is 4.92 Å². The molecule has 3 rings (SSSR count). The largest absolute Gasteiger partial charge is 0.347 e. The summed E-state index contributed by atoms with van der Waals surface area (Å²) in [7, 11) is 0. The minimum absolute atomic E-state index is 0.0994. The molecule has 0 N–H and O–H groups in total. The summed E-state index contributed by atoms with van der Waals surface area (Å²) in [6.07, 6.45) is 4.73. The van der Waals surface area contributed by atoms with Crippen LogP contribution < -0.4 is 4.90 Å². The summed E-state index contributed by atoms with van der Waals surface area (Å²) < 4.78 is 0. The van der Waals surface area contributed by atoms with Crippen molar-refractivity contribution >= 4 is 11.5 Å². The van der Waals surface area contributed by atoms with E-state index in [2.05, 4.69) is 41.1 Å². The van der Waals surface area contributed by atoms with E-state index in [4.69, 9.17) is 0 Å². The highest BCUT2D eigenvalue weighted by molar-refractivity contribution is 5.59. The first-order valence-electron chi connectivity index (χ1n) is 8.13. The van der Waals surface area contributed by atoms with E-state index in [9.17, 15) is 10.1 Å². The topological polar surface area (TPSA) is 59.3 Å². The second-order valence-corrected chi connectivity index (χ2v) is 5.93. The molecule has 0 aliphatic carbocycles. The lowest BCUT2D eigenvalue weighted by Gasteiger charge is -2.32. The number of aromatic nitrogens is 1. The summed E-state index contributed by atoms with van der Waals surface area (Å²) >= 11 is 0. The molecule has 1 aliphatic heterocycles. The summed E-state index contributed by atoms with van der Waals surface area (Å²) in [6, 6.07) is 13.9. The van der Waals surface area contributed by atoms with Gasteiger partial charge in [-0.1, -0.05) is 37.3 Å². The van der Waals surface area contributed by atoms with E-state index in [1.807, 2.05) is 6.07 Å². The van der Waals surface area contributed by atoms with E-state index in [0.717, 1.165) is 25.8 Å². The predicted molar refractivity (Wildman–Crippen MR) is 90.7 cm³/mol. The molecule has 0 unspecified atom stereocenters. The summed E-state index contributed by atoms with van der Waals surface area (Å²) in [5, 5.41) is 11.3. The van der Waals surface area contributed by atoms with Crippen LogP contribution in [-0.2, 0) is 0 Å². The van der Waals surface area contributed by atoms with Crippen molar-refractivity contribution in [2.45, 2.75) is 38.1 Å². The van der Waals surface area contributed by atoms with Crippen LogP contribution >= 0.6 is 0 Å². The third kappa shape index (κ3) is 3.04. The Kier molecular flexibility index (Phi) is 4.55. The quantitative estimate of drug-likeness (QED) is 0.614. The van der Waals surface area contributed by atoms with Gasteiger partial charge >= 0.3 is 5.69 Å². The van der Waals surface area contributed by atoms with Crippen LogP contribution in [0.15, 0.2) is 48.7 Å². The number of pyridine rings is 1. The summed E-state index contributed by atoms with van der Waals surface area (Å²) in [6.45, 7) is 3.01. The number of rotatable bonds is 5. The minimum Gasteiger partial charge on any atom is -0.347 e. The highest BCUT2D eigenvalue weighted by Gasteiger charge is 2.35. The van der Waals surface area contributed by atoms with Crippen molar-refractivity contribution in [1.29, 1.82) is 0 Å². The number of nitrogens with zero attached hydrogens (tertiary/aromatic N) is 3. The normalized spacial score (nSPS) is 18.8. The molecule has 2 heterocycles. The smallest absolute Gasteiger partial charge is 0.311 e. The number of hydrogen-bond acceptors (Lipinski definition) is 4. The molecule has 23 heavy (non-hydrogen) atoms. The van der Waals surface area contributed by atoms with Crippen LogP contribution in [0, 0.1) is 10.1 Å². The van der Waals surface area contributed by atoms with Gasteiger partial charge in [-0.3, -0.25) is 10.1 Å². The number of benzene rings is 1. The minimum atomic E-state index is -0.332. The fourth-order valence-corrected chi connectivity index (χ4v) is 3.66. The maximum Gasteiger partial charge on any atom is 0.311 e. The summed E-state index contributed by atoms with van der Waals surface area (Å²) in [4.78, 5) is 17.5. The van der Waals surface area contributed by atoms with Crippen molar-refractivity contribution in [1.82, 2.24) is 4.98 Å². The number of anilines is 1. The fraction of sp³-hybridized carbons (Fsp3) is 0.389. The first-order valence-corrected chi connectivity index (χ1v) is 8.13. The molecule has 1 aliphatic rings. The first-order chi connectivity index (χ1) is 11.2. The predicted octanol–water partition coefficient (Wildman–Crippen LogP) is 4.15. The molecule has 0 saturated carbocycles. The van der Waals surface area contributed by atoms with E-state index in [0.29, 0.717) is 11.7 Å². The zero-order valence-electron chi connectivity index (χ0n) is 13.3. The van der Waals surface area contributed by atoms with E-state index in [1.165, 1.54) is 5.56 Å². The van der Waals surface area contributed by atoms with Crippen LogP contribution in [0.25, 0.3) is 0 Å². The fourth-order valence-electron chi connectivity index (χ4n) is 3.66. The molecule has 0 spiro atoms. The van der Waals surface area contributed by atoms with Crippen LogP contribution in [0.5, 0.6) is 0 Å². The molecule has 1 aromatic carbocycles. The van der Waals surface area contributed by atoms with E-state index in [-0.39, 0.29) is 16.7 Å². The lowest BCUT2D eigenvalue weighted by molar-refractivity contribution is -0.384. The van der Waals surface area contributed by atoms with E-state index >= 15 is 0 Å². The Balaban J connectivity index is 1.96. The molecule has 1 saturated heterocycles. The monoisotopic (exact) mass is 311 g/mol.